The van der Waals surface area contributed by atoms with Crippen molar-refractivity contribution >= 4 is 34.0 Å². The first-order valence-electron chi connectivity index (χ1n) is 7.95. The van der Waals surface area contributed by atoms with Crippen LogP contribution in [0.3, 0.4) is 0 Å². The molecule has 0 aliphatic rings. The maximum absolute atomic E-state index is 13.7. The second-order valence-electron chi connectivity index (χ2n) is 6.73. The van der Waals surface area contributed by atoms with Gasteiger partial charge in [0.25, 0.3) is 15.9 Å². The van der Waals surface area contributed by atoms with Gasteiger partial charge in [-0.2, -0.15) is 0 Å². The normalized spacial score (nSPS) is 11.4. The number of carbonyl (C=O) groups excluding carboxylic acids is 1. The van der Waals surface area contributed by atoms with Crippen molar-refractivity contribution in [3.8, 4) is 0 Å². The summed E-state index contributed by atoms with van der Waals surface area (Å²) in [4.78, 5) is 12.2. The van der Waals surface area contributed by atoms with E-state index in [1.807, 2.05) is 0 Å². The van der Waals surface area contributed by atoms with E-state index in [0.717, 1.165) is 6.07 Å². The van der Waals surface area contributed by atoms with Crippen molar-refractivity contribution in [2.75, 3.05) is 11.3 Å². The van der Waals surface area contributed by atoms with Crippen molar-refractivity contribution in [2.24, 2.45) is 5.73 Å². The van der Waals surface area contributed by atoms with Gasteiger partial charge in [0.15, 0.2) is 0 Å². The number of para-hydroxylation sites is 1. The van der Waals surface area contributed by atoms with Crippen LogP contribution < -0.4 is 15.8 Å². The summed E-state index contributed by atoms with van der Waals surface area (Å²) in [6, 6.07) is 9.60. The smallest absolute Gasteiger partial charge is 0.262 e. The van der Waals surface area contributed by atoms with Gasteiger partial charge < -0.3 is 11.1 Å². The zero-order chi connectivity index (χ0) is 19.5. The molecule has 0 saturated heterocycles. The Hall–Kier alpha value is -2.16. The lowest BCUT2D eigenvalue weighted by molar-refractivity contribution is 0.0945. The number of amides is 1. The number of nitrogens with one attached hydrogen (secondary N) is 2. The Balaban J connectivity index is 0.00000364. The number of anilines is 1. The molecule has 1 amide bonds. The monoisotopic (exact) mass is 415 g/mol. The third-order valence-electron chi connectivity index (χ3n) is 3.59. The minimum absolute atomic E-state index is 0. The lowest BCUT2D eigenvalue weighted by Crippen LogP contribution is -2.45. The number of nitrogens with two attached hydrogens (primary N) is 1. The predicted molar refractivity (Wildman–Crippen MR) is 106 cm³/mol. The van der Waals surface area contributed by atoms with E-state index >= 15 is 0 Å². The predicted octanol–water partition coefficient (Wildman–Crippen LogP) is 2.82. The van der Waals surface area contributed by atoms with Crippen LogP contribution in [0, 0.1) is 12.7 Å². The van der Waals surface area contributed by atoms with E-state index in [0.29, 0.717) is 5.56 Å². The molecule has 9 heteroatoms. The first kappa shape index (κ1) is 22.9. The van der Waals surface area contributed by atoms with E-state index in [1.54, 1.807) is 20.8 Å². The summed E-state index contributed by atoms with van der Waals surface area (Å²) in [5.74, 6) is -1.12. The molecule has 0 atom stereocenters. The van der Waals surface area contributed by atoms with Crippen molar-refractivity contribution in [3.05, 3.63) is 59.4 Å². The molecule has 0 aromatic heterocycles. The summed E-state index contributed by atoms with van der Waals surface area (Å²) in [5.41, 5.74) is 5.91. The highest BCUT2D eigenvalue weighted by Crippen LogP contribution is 2.21. The molecule has 0 fully saturated rings. The maximum Gasteiger partial charge on any atom is 0.262 e. The van der Waals surface area contributed by atoms with Crippen molar-refractivity contribution in [2.45, 2.75) is 31.2 Å². The molecule has 148 valence electrons. The van der Waals surface area contributed by atoms with Crippen LogP contribution in [0.15, 0.2) is 47.4 Å². The van der Waals surface area contributed by atoms with Crippen LogP contribution >= 0.6 is 12.4 Å². The molecule has 0 aliphatic heterocycles. The van der Waals surface area contributed by atoms with Crippen molar-refractivity contribution in [1.82, 2.24) is 5.32 Å². The van der Waals surface area contributed by atoms with Gasteiger partial charge in [0.1, 0.15) is 5.82 Å². The number of aryl methyl sites for hydroxylation is 1. The van der Waals surface area contributed by atoms with Gasteiger partial charge in [-0.15, -0.1) is 12.4 Å². The van der Waals surface area contributed by atoms with Gasteiger partial charge in [-0.1, -0.05) is 18.2 Å². The van der Waals surface area contributed by atoms with Crippen LogP contribution in [0.1, 0.15) is 29.8 Å². The zero-order valence-electron chi connectivity index (χ0n) is 15.2. The third-order valence-corrected chi connectivity index (χ3v) is 4.95. The Bertz CT molecular complexity index is 928. The molecule has 0 radical (unpaired) electrons. The van der Waals surface area contributed by atoms with Gasteiger partial charge in [0, 0.05) is 17.6 Å². The average molecular weight is 416 g/mol. The van der Waals surface area contributed by atoms with E-state index in [4.69, 9.17) is 5.73 Å². The fourth-order valence-electron chi connectivity index (χ4n) is 2.16. The number of sulfonamides is 1. The van der Waals surface area contributed by atoms with Gasteiger partial charge >= 0.3 is 0 Å². The molecule has 2 rings (SSSR count). The Labute approximate surface area is 164 Å². The number of halogens is 2. The fourth-order valence-corrected chi connectivity index (χ4v) is 3.26. The van der Waals surface area contributed by atoms with E-state index in [1.165, 1.54) is 36.4 Å². The highest BCUT2D eigenvalue weighted by molar-refractivity contribution is 7.92. The molecular formula is C18H23ClFN3O3S. The van der Waals surface area contributed by atoms with Crippen LogP contribution in [-0.4, -0.2) is 26.4 Å². The first-order valence-corrected chi connectivity index (χ1v) is 9.43. The quantitative estimate of drug-likeness (QED) is 0.675. The average Bonchev–Trinajstić information content (AvgIpc) is 2.54. The summed E-state index contributed by atoms with van der Waals surface area (Å²) in [6.45, 7) is 5.46. The molecule has 0 saturated carbocycles. The van der Waals surface area contributed by atoms with Crippen LogP contribution in [-0.2, 0) is 10.0 Å². The van der Waals surface area contributed by atoms with Crippen molar-refractivity contribution < 1.29 is 17.6 Å². The molecule has 0 unspecified atom stereocenters. The summed E-state index contributed by atoms with van der Waals surface area (Å²) < 4.78 is 41.0. The van der Waals surface area contributed by atoms with Gasteiger partial charge in [-0.05, 0) is 50.6 Å². The molecule has 2 aromatic rings. The molecule has 6 nitrogen and oxygen atoms in total. The van der Waals surface area contributed by atoms with Gasteiger partial charge in [-0.25, -0.2) is 12.8 Å². The summed E-state index contributed by atoms with van der Waals surface area (Å²) >= 11 is 0. The third kappa shape index (κ3) is 6.20. The first-order chi connectivity index (χ1) is 12.0. The molecule has 0 aliphatic carbocycles. The van der Waals surface area contributed by atoms with Gasteiger partial charge in [0.2, 0.25) is 0 Å². The van der Waals surface area contributed by atoms with Crippen LogP contribution in [0.2, 0.25) is 0 Å². The summed E-state index contributed by atoms with van der Waals surface area (Å²) in [5, 5.41) is 2.68. The van der Waals surface area contributed by atoms with Crippen LogP contribution in [0.5, 0.6) is 0 Å². The van der Waals surface area contributed by atoms with E-state index in [2.05, 4.69) is 10.0 Å². The van der Waals surface area contributed by atoms with Crippen LogP contribution in [0.4, 0.5) is 10.1 Å². The summed E-state index contributed by atoms with van der Waals surface area (Å²) in [6.07, 6.45) is 0. The lowest BCUT2D eigenvalue weighted by Gasteiger charge is -2.19. The SMILES string of the molecule is Cc1ccc(S(=O)(=O)Nc2ccccc2F)cc1C(=O)NCC(C)(C)N.Cl. The molecule has 2 aromatic carbocycles. The highest BCUT2D eigenvalue weighted by atomic mass is 35.5. The Morgan fingerprint density at radius 1 is 1.19 bits per heavy atom. The number of benzene rings is 2. The van der Waals surface area contributed by atoms with Crippen LogP contribution in [0.25, 0.3) is 0 Å². The Morgan fingerprint density at radius 3 is 2.41 bits per heavy atom. The number of rotatable bonds is 6. The van der Waals surface area contributed by atoms with Crippen molar-refractivity contribution in [1.29, 1.82) is 0 Å². The lowest BCUT2D eigenvalue weighted by atomic mass is 10.1. The number of hydrogen-bond donors (Lipinski definition) is 3. The minimum Gasteiger partial charge on any atom is -0.350 e. The van der Waals surface area contributed by atoms with E-state index < -0.39 is 27.3 Å². The zero-order valence-corrected chi connectivity index (χ0v) is 16.9. The Morgan fingerprint density at radius 2 is 1.81 bits per heavy atom. The molecule has 0 bridgehead atoms. The van der Waals surface area contributed by atoms with Gasteiger partial charge in [0.05, 0.1) is 10.6 Å². The standard InChI is InChI=1S/C18H22FN3O3S.ClH/c1-12-8-9-13(10-14(12)17(23)21-11-18(2,3)20)26(24,25)22-16-7-5-4-6-15(16)19;/h4-10,22H,11,20H2,1-3H3,(H,21,23);1H. The number of carbonyl (C=O) groups is 1. The molecule has 27 heavy (non-hydrogen) atoms. The number of hydrogen-bond acceptors (Lipinski definition) is 4. The Kier molecular flexibility index (Phi) is 7.36. The van der Waals surface area contributed by atoms with E-state index in [-0.39, 0.29) is 35.1 Å². The summed E-state index contributed by atoms with van der Waals surface area (Å²) in [7, 11) is -4.05. The van der Waals surface area contributed by atoms with Crippen molar-refractivity contribution in [3.63, 3.8) is 0 Å². The maximum atomic E-state index is 13.7. The van der Waals surface area contributed by atoms with Gasteiger partial charge in [-0.3, -0.25) is 9.52 Å². The minimum atomic E-state index is -4.05. The molecular weight excluding hydrogens is 393 g/mol. The molecule has 0 spiro atoms. The molecule has 4 N–H and O–H groups in total. The highest BCUT2D eigenvalue weighted by Gasteiger charge is 2.20. The van der Waals surface area contributed by atoms with E-state index in [9.17, 15) is 17.6 Å². The molecule has 0 heterocycles. The largest absolute Gasteiger partial charge is 0.350 e. The second-order valence-corrected chi connectivity index (χ2v) is 8.42. The fraction of sp³-hybridized carbons (Fsp3) is 0.278. The topological polar surface area (TPSA) is 101 Å². The second kappa shape index (κ2) is 8.69.